The highest BCUT2D eigenvalue weighted by Gasteiger charge is 2.09. The molecule has 0 aromatic carbocycles. The van der Waals surface area contributed by atoms with Gasteiger partial charge in [-0.15, -0.1) is 11.3 Å². The van der Waals surface area contributed by atoms with E-state index in [1.54, 1.807) is 0 Å². The molecule has 0 unspecified atom stereocenters. The van der Waals surface area contributed by atoms with Crippen molar-refractivity contribution in [3.05, 3.63) is 20.3 Å². The molecule has 1 heterocycles. The summed E-state index contributed by atoms with van der Waals surface area (Å²) in [5.41, 5.74) is 0.981. The van der Waals surface area contributed by atoms with Gasteiger partial charge in [0.1, 0.15) is 4.34 Å². The number of nitriles is 1. The zero-order chi connectivity index (χ0) is 9.84. The van der Waals surface area contributed by atoms with Crippen LogP contribution in [0.3, 0.4) is 0 Å². The summed E-state index contributed by atoms with van der Waals surface area (Å²) >= 11 is 13.1. The van der Waals surface area contributed by atoms with Gasteiger partial charge in [-0.05, 0) is 18.0 Å². The van der Waals surface area contributed by atoms with Gasteiger partial charge < -0.3 is 0 Å². The number of hydrogen-bond donors (Lipinski definition) is 0. The third kappa shape index (κ3) is 2.85. The topological polar surface area (TPSA) is 27.0 Å². The predicted molar refractivity (Wildman–Crippen MR) is 56.3 cm³/mol. The number of halogens is 2. The van der Waals surface area contributed by atoms with Gasteiger partial charge in [0.2, 0.25) is 0 Å². The first-order valence-electron chi connectivity index (χ1n) is 3.62. The minimum Gasteiger partial charge on any atom is -0.289 e. The molecule has 0 fully saturated rings. The molecule has 2 nitrogen and oxygen atoms in total. The van der Waals surface area contributed by atoms with Gasteiger partial charge in [0.15, 0.2) is 0 Å². The molecule has 0 N–H and O–H groups in total. The normalized spacial score (nSPS) is 10.4. The fraction of sp³-hybridized carbons (Fsp3) is 0.375. The van der Waals surface area contributed by atoms with E-state index in [0.717, 1.165) is 5.56 Å². The summed E-state index contributed by atoms with van der Waals surface area (Å²) in [5, 5.41) is 11.0. The van der Waals surface area contributed by atoms with Crippen LogP contribution in [-0.4, -0.2) is 18.5 Å². The first-order valence-corrected chi connectivity index (χ1v) is 5.25. The van der Waals surface area contributed by atoms with Crippen LogP contribution in [0.15, 0.2) is 5.38 Å². The average molecular weight is 235 g/mol. The summed E-state index contributed by atoms with van der Waals surface area (Å²) in [6, 6.07) is 2.07. The molecule has 1 aromatic heterocycles. The van der Waals surface area contributed by atoms with E-state index in [1.165, 1.54) is 11.3 Å². The van der Waals surface area contributed by atoms with Gasteiger partial charge in [-0.2, -0.15) is 5.26 Å². The van der Waals surface area contributed by atoms with Crippen LogP contribution in [0.1, 0.15) is 5.56 Å². The monoisotopic (exact) mass is 234 g/mol. The first kappa shape index (κ1) is 10.8. The molecule has 0 radical (unpaired) electrons. The maximum absolute atomic E-state index is 8.44. The van der Waals surface area contributed by atoms with E-state index in [4.69, 9.17) is 28.5 Å². The Morgan fingerprint density at radius 2 is 2.31 bits per heavy atom. The molecule has 1 aromatic rings. The second kappa shape index (κ2) is 4.83. The Morgan fingerprint density at radius 3 is 2.77 bits per heavy atom. The maximum atomic E-state index is 8.44. The van der Waals surface area contributed by atoms with Crippen LogP contribution in [0.5, 0.6) is 0 Å². The highest BCUT2D eigenvalue weighted by molar-refractivity contribution is 7.15. The standard InChI is InChI=1S/C8H8Cl2N2S/c1-12(3-2-11)4-6-5-13-8(10)7(6)9/h5H,3-4H2,1H3. The second-order valence-corrected chi connectivity index (χ2v) is 4.54. The summed E-state index contributed by atoms with van der Waals surface area (Å²) in [7, 11) is 1.87. The van der Waals surface area contributed by atoms with Gasteiger partial charge in [0, 0.05) is 6.54 Å². The third-order valence-corrected chi connectivity index (χ3v) is 3.45. The molecule has 0 bridgehead atoms. The Kier molecular flexibility index (Phi) is 4.01. The smallest absolute Gasteiger partial charge is 0.112 e. The molecule has 0 atom stereocenters. The van der Waals surface area contributed by atoms with Crippen LogP contribution in [-0.2, 0) is 6.54 Å². The number of rotatable bonds is 3. The molecule has 0 spiro atoms. The van der Waals surface area contributed by atoms with Gasteiger partial charge in [0.25, 0.3) is 0 Å². The van der Waals surface area contributed by atoms with Crippen LogP contribution in [0, 0.1) is 11.3 Å². The van der Waals surface area contributed by atoms with E-state index in [-0.39, 0.29) is 0 Å². The van der Waals surface area contributed by atoms with Crippen molar-refractivity contribution >= 4 is 34.5 Å². The highest BCUT2D eigenvalue weighted by atomic mass is 35.5. The molecule has 0 aliphatic rings. The number of hydrogen-bond acceptors (Lipinski definition) is 3. The zero-order valence-corrected chi connectivity index (χ0v) is 9.38. The minimum absolute atomic E-state index is 0.393. The molecular formula is C8H8Cl2N2S. The predicted octanol–water partition coefficient (Wildman–Crippen LogP) is 3.01. The van der Waals surface area contributed by atoms with Gasteiger partial charge in [-0.3, -0.25) is 4.90 Å². The Hall–Kier alpha value is -0.270. The van der Waals surface area contributed by atoms with Crippen molar-refractivity contribution in [1.82, 2.24) is 4.90 Å². The summed E-state index contributed by atoms with van der Waals surface area (Å²) in [6.07, 6.45) is 0. The second-order valence-electron chi connectivity index (χ2n) is 2.68. The lowest BCUT2D eigenvalue weighted by Crippen LogP contribution is -2.17. The van der Waals surface area contributed by atoms with E-state index < -0.39 is 0 Å². The number of thiophene rings is 1. The molecule has 0 saturated carbocycles. The van der Waals surface area contributed by atoms with E-state index in [1.807, 2.05) is 17.3 Å². The Morgan fingerprint density at radius 1 is 1.62 bits per heavy atom. The largest absolute Gasteiger partial charge is 0.289 e. The van der Waals surface area contributed by atoms with Crippen molar-refractivity contribution in [2.75, 3.05) is 13.6 Å². The summed E-state index contributed by atoms with van der Waals surface area (Å²) in [5.74, 6) is 0. The molecule has 0 saturated heterocycles. The Balaban J connectivity index is 2.65. The van der Waals surface area contributed by atoms with Crippen molar-refractivity contribution in [2.45, 2.75) is 6.54 Å². The van der Waals surface area contributed by atoms with Gasteiger partial charge in [-0.1, -0.05) is 23.2 Å². The van der Waals surface area contributed by atoms with Crippen LogP contribution < -0.4 is 0 Å². The van der Waals surface area contributed by atoms with Crippen molar-refractivity contribution in [1.29, 1.82) is 5.26 Å². The van der Waals surface area contributed by atoms with E-state index in [9.17, 15) is 0 Å². The minimum atomic E-state index is 0.393. The van der Waals surface area contributed by atoms with Gasteiger partial charge >= 0.3 is 0 Å². The molecule has 0 aliphatic carbocycles. The fourth-order valence-electron chi connectivity index (χ4n) is 0.927. The van der Waals surface area contributed by atoms with Gasteiger partial charge in [0.05, 0.1) is 17.6 Å². The maximum Gasteiger partial charge on any atom is 0.112 e. The Labute approximate surface area is 91.3 Å². The fourth-order valence-corrected chi connectivity index (χ4v) is 2.17. The number of nitrogens with zero attached hydrogens (tertiary/aromatic N) is 2. The van der Waals surface area contributed by atoms with E-state index in [0.29, 0.717) is 22.4 Å². The molecule has 70 valence electrons. The van der Waals surface area contributed by atoms with Crippen LogP contribution in [0.4, 0.5) is 0 Å². The summed E-state index contributed by atoms with van der Waals surface area (Å²) in [4.78, 5) is 1.88. The summed E-state index contributed by atoms with van der Waals surface area (Å²) < 4.78 is 0.613. The highest BCUT2D eigenvalue weighted by Crippen LogP contribution is 2.32. The van der Waals surface area contributed by atoms with Crippen molar-refractivity contribution in [3.8, 4) is 6.07 Å². The van der Waals surface area contributed by atoms with Crippen LogP contribution >= 0.6 is 34.5 Å². The lowest BCUT2D eigenvalue weighted by molar-refractivity contribution is 0.368. The first-order chi connectivity index (χ1) is 6.15. The van der Waals surface area contributed by atoms with Crippen molar-refractivity contribution in [3.63, 3.8) is 0 Å². The van der Waals surface area contributed by atoms with Crippen LogP contribution in [0.2, 0.25) is 9.36 Å². The summed E-state index contributed by atoms with van der Waals surface area (Å²) in [6.45, 7) is 1.05. The quantitative estimate of drug-likeness (QED) is 0.753. The van der Waals surface area contributed by atoms with Crippen molar-refractivity contribution < 1.29 is 0 Å². The lowest BCUT2D eigenvalue weighted by Gasteiger charge is -2.10. The molecule has 0 amide bonds. The SMILES string of the molecule is CN(CC#N)Cc1csc(Cl)c1Cl. The molecule has 1 rings (SSSR count). The van der Waals surface area contributed by atoms with E-state index >= 15 is 0 Å². The van der Waals surface area contributed by atoms with Crippen molar-refractivity contribution in [2.24, 2.45) is 0 Å². The van der Waals surface area contributed by atoms with Crippen LogP contribution in [0.25, 0.3) is 0 Å². The zero-order valence-electron chi connectivity index (χ0n) is 7.05. The molecular weight excluding hydrogens is 227 g/mol. The average Bonchev–Trinajstić information content (AvgIpc) is 2.37. The third-order valence-electron chi connectivity index (χ3n) is 1.54. The molecule has 13 heavy (non-hydrogen) atoms. The van der Waals surface area contributed by atoms with Gasteiger partial charge in [-0.25, -0.2) is 0 Å². The Bertz CT molecular complexity index is 329. The lowest BCUT2D eigenvalue weighted by atomic mass is 10.3. The molecule has 0 aliphatic heterocycles. The van der Waals surface area contributed by atoms with E-state index in [2.05, 4.69) is 6.07 Å². The molecule has 5 heteroatoms.